The van der Waals surface area contributed by atoms with Crippen LogP contribution in [0.1, 0.15) is 65.9 Å². The number of piperidine rings is 1. The van der Waals surface area contributed by atoms with Gasteiger partial charge in [0.25, 0.3) is 5.91 Å². The van der Waals surface area contributed by atoms with Gasteiger partial charge in [-0.05, 0) is 64.2 Å². The van der Waals surface area contributed by atoms with Crippen LogP contribution in [0.15, 0.2) is 36.0 Å². The number of likely N-dealkylation sites (tertiary alicyclic amines) is 1. The second-order valence-corrected chi connectivity index (χ2v) is 9.05. The molecule has 146 valence electrons. The van der Waals surface area contributed by atoms with Crippen molar-refractivity contribution < 1.29 is 4.79 Å². The Balaban J connectivity index is 2.24. The highest BCUT2D eigenvalue weighted by Crippen LogP contribution is 2.38. The van der Waals surface area contributed by atoms with E-state index in [0.717, 1.165) is 12.8 Å². The number of carbonyl (C=O) groups excluding carboxylic acids is 1. The summed E-state index contributed by atoms with van der Waals surface area (Å²) in [6.45, 7) is 12.6. The molecule has 1 aromatic carbocycles. The fourth-order valence-corrected chi connectivity index (χ4v) is 4.14. The molecule has 0 aliphatic carbocycles. The number of hydrogen-bond donors (Lipinski definition) is 2. The first-order chi connectivity index (χ1) is 12.5. The van der Waals surface area contributed by atoms with Crippen molar-refractivity contribution >= 4 is 11.6 Å². The maximum atomic E-state index is 12.7. The van der Waals surface area contributed by atoms with Gasteiger partial charge in [-0.15, -0.1) is 0 Å². The van der Waals surface area contributed by atoms with Gasteiger partial charge >= 0.3 is 0 Å². The van der Waals surface area contributed by atoms with Gasteiger partial charge in [0.05, 0.1) is 0 Å². The van der Waals surface area contributed by atoms with Gasteiger partial charge in [-0.25, -0.2) is 0 Å². The van der Waals surface area contributed by atoms with Gasteiger partial charge in [0.2, 0.25) is 0 Å². The van der Waals surface area contributed by atoms with E-state index in [-0.39, 0.29) is 22.7 Å². The van der Waals surface area contributed by atoms with Crippen LogP contribution in [0.25, 0.3) is 0 Å². The lowest BCUT2D eigenvalue weighted by molar-refractivity contribution is -0.112. The minimum Gasteiger partial charge on any atom is -0.366 e. The molecule has 0 unspecified atom stereocenters. The number of nitrogens with two attached hydrogens (primary N) is 1. The predicted octanol–water partition coefficient (Wildman–Crippen LogP) is 4.14. The quantitative estimate of drug-likeness (QED) is 0.618. The molecule has 5 heteroatoms. The van der Waals surface area contributed by atoms with E-state index in [1.165, 1.54) is 5.56 Å². The lowest BCUT2D eigenvalue weighted by atomic mass is 9.77. The zero-order valence-corrected chi connectivity index (χ0v) is 17.3. The number of nitrogens with one attached hydrogen (secondary N) is 1. The van der Waals surface area contributed by atoms with Crippen molar-refractivity contribution in [2.75, 3.05) is 5.32 Å². The van der Waals surface area contributed by atoms with Crippen LogP contribution in [0.4, 0.5) is 5.69 Å². The molecule has 1 aliphatic rings. The standard InChI is InChI=1S/C22H32N4O/c1-15(2)16-7-9-19(10-8-16)25-20(27)17(13-23)14-26-21(3,4)11-18(24)12-22(26,5)6/h7-10,14-15,18H,11-12,24H2,1-6H3,(H,25,27)/b17-14-. The summed E-state index contributed by atoms with van der Waals surface area (Å²) < 4.78 is 0. The summed E-state index contributed by atoms with van der Waals surface area (Å²) in [5.41, 5.74) is 7.74. The van der Waals surface area contributed by atoms with Crippen molar-refractivity contribution in [3.05, 3.63) is 41.6 Å². The van der Waals surface area contributed by atoms with Crippen LogP contribution in [-0.2, 0) is 4.79 Å². The maximum absolute atomic E-state index is 12.7. The molecule has 1 fully saturated rings. The van der Waals surface area contributed by atoms with Crippen LogP contribution in [0.2, 0.25) is 0 Å². The molecule has 0 bridgehead atoms. The molecule has 1 amide bonds. The summed E-state index contributed by atoms with van der Waals surface area (Å²) in [6, 6.07) is 9.90. The normalized spacial score (nSPS) is 19.7. The molecule has 3 N–H and O–H groups in total. The highest BCUT2D eigenvalue weighted by Gasteiger charge is 2.43. The van der Waals surface area contributed by atoms with Crippen LogP contribution in [0, 0.1) is 11.3 Å². The number of rotatable bonds is 4. The summed E-state index contributed by atoms with van der Waals surface area (Å²) in [6.07, 6.45) is 3.32. The molecule has 0 aromatic heterocycles. The maximum Gasteiger partial charge on any atom is 0.267 e. The summed E-state index contributed by atoms with van der Waals surface area (Å²) in [5.74, 6) is 0.0375. The lowest BCUT2D eigenvalue weighted by Crippen LogP contribution is -2.61. The average molecular weight is 369 g/mol. The van der Waals surface area contributed by atoms with Crippen molar-refractivity contribution in [3.63, 3.8) is 0 Å². The highest BCUT2D eigenvalue weighted by molar-refractivity contribution is 6.06. The van der Waals surface area contributed by atoms with Gasteiger partial charge in [0.15, 0.2) is 0 Å². The third-order valence-corrected chi connectivity index (χ3v) is 5.29. The zero-order valence-electron chi connectivity index (χ0n) is 17.3. The molecule has 1 aromatic rings. The first kappa shape index (κ1) is 21.0. The second kappa shape index (κ2) is 7.74. The van der Waals surface area contributed by atoms with Gasteiger partial charge in [-0.1, -0.05) is 26.0 Å². The zero-order chi connectivity index (χ0) is 20.4. The molecule has 0 atom stereocenters. The molecule has 1 aliphatic heterocycles. The van der Waals surface area contributed by atoms with Gasteiger partial charge in [0, 0.05) is 29.0 Å². The SMILES string of the molecule is CC(C)c1ccc(NC(=O)/C(C#N)=C\N2C(C)(C)CC(N)CC2(C)C)cc1. The van der Waals surface area contributed by atoms with Gasteiger partial charge in [-0.2, -0.15) is 5.26 Å². The Morgan fingerprint density at radius 1 is 1.22 bits per heavy atom. The van der Waals surface area contributed by atoms with Crippen LogP contribution in [0.3, 0.4) is 0 Å². The van der Waals surface area contributed by atoms with Gasteiger partial charge in [0.1, 0.15) is 11.6 Å². The van der Waals surface area contributed by atoms with E-state index < -0.39 is 5.91 Å². The van der Waals surface area contributed by atoms with E-state index in [2.05, 4.69) is 57.8 Å². The monoisotopic (exact) mass is 368 g/mol. The number of benzene rings is 1. The molecule has 1 saturated heterocycles. The molecule has 0 saturated carbocycles. The molecule has 0 radical (unpaired) electrons. The molecule has 1 heterocycles. The summed E-state index contributed by atoms with van der Waals surface area (Å²) in [7, 11) is 0. The van der Waals surface area contributed by atoms with Crippen molar-refractivity contribution in [2.24, 2.45) is 5.73 Å². The number of carbonyl (C=O) groups is 1. The Labute approximate surface area is 163 Å². The number of nitriles is 1. The fourth-order valence-electron chi connectivity index (χ4n) is 4.14. The Morgan fingerprint density at radius 2 is 1.74 bits per heavy atom. The van der Waals surface area contributed by atoms with Gasteiger partial charge < -0.3 is 16.0 Å². The van der Waals surface area contributed by atoms with Crippen molar-refractivity contribution in [2.45, 2.75) is 77.4 Å². The smallest absolute Gasteiger partial charge is 0.267 e. The number of anilines is 1. The third kappa shape index (κ3) is 4.90. The molecular formula is C22H32N4O. The summed E-state index contributed by atoms with van der Waals surface area (Å²) >= 11 is 0. The van der Waals surface area contributed by atoms with Crippen LogP contribution in [0.5, 0.6) is 0 Å². The average Bonchev–Trinajstić information content (AvgIpc) is 2.53. The summed E-state index contributed by atoms with van der Waals surface area (Å²) in [4.78, 5) is 14.8. The van der Waals surface area contributed by atoms with Crippen LogP contribution in [-0.4, -0.2) is 27.9 Å². The highest BCUT2D eigenvalue weighted by atomic mass is 16.1. The Kier molecular flexibility index (Phi) is 6.01. The number of hydrogen-bond acceptors (Lipinski definition) is 4. The van der Waals surface area contributed by atoms with E-state index >= 15 is 0 Å². The fraction of sp³-hybridized carbons (Fsp3) is 0.545. The van der Waals surface area contributed by atoms with E-state index in [1.54, 1.807) is 6.20 Å². The topological polar surface area (TPSA) is 82.2 Å². The van der Waals surface area contributed by atoms with Gasteiger partial charge in [-0.3, -0.25) is 4.79 Å². The first-order valence-corrected chi connectivity index (χ1v) is 9.54. The van der Waals surface area contributed by atoms with Crippen molar-refractivity contribution in [1.29, 1.82) is 5.26 Å². The minimum atomic E-state index is -0.392. The van der Waals surface area contributed by atoms with E-state index in [1.807, 2.05) is 24.3 Å². The van der Waals surface area contributed by atoms with Crippen LogP contribution < -0.4 is 11.1 Å². The van der Waals surface area contributed by atoms with Crippen LogP contribution >= 0.6 is 0 Å². The first-order valence-electron chi connectivity index (χ1n) is 9.54. The third-order valence-electron chi connectivity index (χ3n) is 5.29. The Bertz CT molecular complexity index is 736. The largest absolute Gasteiger partial charge is 0.366 e. The molecule has 0 spiro atoms. The molecule has 27 heavy (non-hydrogen) atoms. The molecule has 5 nitrogen and oxygen atoms in total. The van der Waals surface area contributed by atoms with E-state index in [0.29, 0.717) is 11.6 Å². The van der Waals surface area contributed by atoms with Crippen molar-refractivity contribution in [3.8, 4) is 6.07 Å². The molecular weight excluding hydrogens is 336 g/mol. The van der Waals surface area contributed by atoms with Crippen molar-refractivity contribution in [1.82, 2.24) is 4.90 Å². The number of nitrogens with zero attached hydrogens (tertiary/aromatic N) is 2. The summed E-state index contributed by atoms with van der Waals surface area (Å²) in [5, 5.41) is 12.4. The minimum absolute atomic E-state index is 0.0968. The lowest BCUT2D eigenvalue weighted by Gasteiger charge is -2.54. The van der Waals surface area contributed by atoms with E-state index in [4.69, 9.17) is 5.73 Å². The predicted molar refractivity (Wildman–Crippen MR) is 110 cm³/mol. The number of amides is 1. The Hall–Kier alpha value is -2.32. The second-order valence-electron chi connectivity index (χ2n) is 9.05. The van der Waals surface area contributed by atoms with E-state index in [9.17, 15) is 10.1 Å². The molecule has 2 rings (SSSR count). The Morgan fingerprint density at radius 3 is 2.19 bits per heavy atom.